The van der Waals surface area contributed by atoms with Crippen LogP contribution in [0.2, 0.25) is 0 Å². The molecule has 0 radical (unpaired) electrons. The van der Waals surface area contributed by atoms with Crippen LogP contribution < -0.4 is 5.73 Å². The zero-order chi connectivity index (χ0) is 9.97. The van der Waals surface area contributed by atoms with Crippen molar-refractivity contribution in [2.45, 2.75) is 13.3 Å². The normalized spacial score (nSPS) is 16.1. The number of nitrogens with two attached hydrogens (primary N) is 1. The van der Waals surface area contributed by atoms with Gasteiger partial charge in [-0.05, 0) is 31.6 Å². The van der Waals surface area contributed by atoms with E-state index in [0.29, 0.717) is 0 Å². The fourth-order valence-electron chi connectivity index (χ4n) is 1.47. The first-order valence-electron chi connectivity index (χ1n) is 4.67. The van der Waals surface area contributed by atoms with Gasteiger partial charge in [-0.25, -0.2) is 0 Å². The van der Waals surface area contributed by atoms with Crippen molar-refractivity contribution in [1.82, 2.24) is 0 Å². The molecule has 2 nitrogen and oxygen atoms in total. The molecule has 14 heavy (non-hydrogen) atoms. The molecule has 0 spiro atoms. The summed E-state index contributed by atoms with van der Waals surface area (Å²) in [6.07, 6.45) is 8.90. The van der Waals surface area contributed by atoms with E-state index in [1.165, 1.54) is 0 Å². The van der Waals surface area contributed by atoms with Crippen LogP contribution >= 0.6 is 0 Å². The van der Waals surface area contributed by atoms with Gasteiger partial charge in [0.25, 0.3) is 0 Å². The molecule has 2 rings (SSSR count). The van der Waals surface area contributed by atoms with E-state index >= 15 is 0 Å². The summed E-state index contributed by atoms with van der Waals surface area (Å²) in [5, 5.41) is 0. The lowest BCUT2D eigenvalue weighted by Gasteiger charge is -2.02. The Kier molecular flexibility index (Phi) is 2.27. The molecule has 0 aromatic carbocycles. The number of furan rings is 1. The molecule has 0 saturated heterocycles. The molecule has 2 heteroatoms. The summed E-state index contributed by atoms with van der Waals surface area (Å²) in [5.74, 6) is 1.76. The highest BCUT2D eigenvalue weighted by molar-refractivity contribution is 5.76. The summed E-state index contributed by atoms with van der Waals surface area (Å²) in [7, 11) is 0. The fraction of sp³-hybridized carbons (Fsp3) is 0.167. The van der Waals surface area contributed by atoms with Crippen molar-refractivity contribution >= 4 is 5.57 Å². The van der Waals surface area contributed by atoms with E-state index in [1.54, 1.807) is 0 Å². The molecule has 0 bridgehead atoms. The molecule has 1 aliphatic carbocycles. The van der Waals surface area contributed by atoms with Crippen LogP contribution in [0.4, 0.5) is 0 Å². The van der Waals surface area contributed by atoms with Crippen LogP contribution in [-0.2, 0) is 0 Å². The minimum Gasteiger partial charge on any atom is -0.461 e. The molecule has 1 aromatic rings. The van der Waals surface area contributed by atoms with Crippen molar-refractivity contribution in [1.29, 1.82) is 0 Å². The third-order valence-corrected chi connectivity index (χ3v) is 2.19. The van der Waals surface area contributed by atoms with Gasteiger partial charge in [0, 0.05) is 11.3 Å². The molecule has 0 fully saturated rings. The van der Waals surface area contributed by atoms with Gasteiger partial charge in [-0.2, -0.15) is 0 Å². The van der Waals surface area contributed by atoms with Gasteiger partial charge in [0.05, 0.1) is 0 Å². The third-order valence-electron chi connectivity index (χ3n) is 2.19. The van der Waals surface area contributed by atoms with Crippen molar-refractivity contribution in [2.75, 3.05) is 0 Å². The Hall–Kier alpha value is -1.70. The average Bonchev–Trinajstić information content (AvgIpc) is 2.46. The lowest BCUT2D eigenvalue weighted by atomic mass is 10.1. The Morgan fingerprint density at radius 2 is 2.21 bits per heavy atom. The van der Waals surface area contributed by atoms with E-state index in [1.807, 2.05) is 31.2 Å². The molecule has 72 valence electrons. The molecule has 1 aromatic heterocycles. The van der Waals surface area contributed by atoms with Gasteiger partial charge in [-0.1, -0.05) is 18.2 Å². The van der Waals surface area contributed by atoms with E-state index in [0.717, 1.165) is 29.2 Å². The Bertz CT molecular complexity index is 421. The minimum atomic E-state index is 0.758. The highest BCUT2D eigenvalue weighted by Gasteiger charge is 2.08. The topological polar surface area (TPSA) is 39.2 Å². The van der Waals surface area contributed by atoms with Gasteiger partial charge in [0.15, 0.2) is 0 Å². The smallest absolute Gasteiger partial charge is 0.136 e. The van der Waals surface area contributed by atoms with Gasteiger partial charge >= 0.3 is 0 Å². The summed E-state index contributed by atoms with van der Waals surface area (Å²) < 4.78 is 5.53. The van der Waals surface area contributed by atoms with E-state index < -0.39 is 0 Å². The Morgan fingerprint density at radius 1 is 1.36 bits per heavy atom. The maximum absolute atomic E-state index is 5.90. The maximum atomic E-state index is 5.90. The maximum Gasteiger partial charge on any atom is 0.136 e. The third kappa shape index (κ3) is 1.64. The molecule has 2 N–H and O–H groups in total. The molecule has 0 aliphatic heterocycles. The van der Waals surface area contributed by atoms with Gasteiger partial charge in [0.2, 0.25) is 0 Å². The average molecular weight is 187 g/mol. The predicted octanol–water partition coefficient (Wildman–Crippen LogP) is 2.77. The minimum absolute atomic E-state index is 0.758. The number of rotatable bonds is 1. The van der Waals surface area contributed by atoms with Crippen LogP contribution in [0.5, 0.6) is 0 Å². The van der Waals surface area contributed by atoms with E-state index in [4.69, 9.17) is 10.2 Å². The van der Waals surface area contributed by atoms with Gasteiger partial charge in [0.1, 0.15) is 11.5 Å². The molecular weight excluding hydrogens is 174 g/mol. The molecule has 0 atom stereocenters. The zero-order valence-corrected chi connectivity index (χ0v) is 8.16. The summed E-state index contributed by atoms with van der Waals surface area (Å²) in [4.78, 5) is 0. The van der Waals surface area contributed by atoms with Crippen LogP contribution in [0, 0.1) is 6.92 Å². The van der Waals surface area contributed by atoms with Gasteiger partial charge < -0.3 is 10.2 Å². The second kappa shape index (κ2) is 3.58. The molecular formula is C12H13NO. The lowest BCUT2D eigenvalue weighted by molar-refractivity contribution is 0.521. The van der Waals surface area contributed by atoms with E-state index in [9.17, 15) is 0 Å². The van der Waals surface area contributed by atoms with E-state index in [-0.39, 0.29) is 0 Å². The first-order chi connectivity index (χ1) is 6.77. The molecule has 1 aliphatic rings. The number of hydrogen-bond donors (Lipinski definition) is 1. The largest absolute Gasteiger partial charge is 0.461 e. The van der Waals surface area contributed by atoms with Crippen molar-refractivity contribution in [2.24, 2.45) is 5.73 Å². The highest BCUT2D eigenvalue weighted by Crippen LogP contribution is 2.24. The number of aryl methyl sites for hydroxylation is 1. The lowest BCUT2D eigenvalue weighted by Crippen LogP contribution is -1.98. The summed E-state index contributed by atoms with van der Waals surface area (Å²) >= 11 is 0. The summed E-state index contributed by atoms with van der Waals surface area (Å²) in [5.41, 5.74) is 7.65. The van der Waals surface area contributed by atoms with Crippen LogP contribution in [0.3, 0.4) is 0 Å². The summed E-state index contributed by atoms with van der Waals surface area (Å²) in [6.45, 7) is 1.93. The summed E-state index contributed by atoms with van der Waals surface area (Å²) in [6, 6.07) is 3.90. The van der Waals surface area contributed by atoms with Crippen molar-refractivity contribution in [3.8, 4) is 0 Å². The van der Waals surface area contributed by atoms with Crippen molar-refractivity contribution < 1.29 is 4.42 Å². The molecule has 1 heterocycles. The monoisotopic (exact) mass is 187 g/mol. The molecule has 0 unspecified atom stereocenters. The Labute approximate surface area is 83.4 Å². The number of allylic oxidation sites excluding steroid dienone is 5. The van der Waals surface area contributed by atoms with Gasteiger partial charge in [-0.15, -0.1) is 0 Å². The number of hydrogen-bond acceptors (Lipinski definition) is 2. The highest BCUT2D eigenvalue weighted by atomic mass is 16.3. The predicted molar refractivity (Wildman–Crippen MR) is 57.4 cm³/mol. The Balaban J connectivity index is 2.39. The quantitative estimate of drug-likeness (QED) is 0.734. The zero-order valence-electron chi connectivity index (χ0n) is 8.16. The standard InChI is InChI=1S/C12H13NO/c1-9-7-8-12(14-9)10-5-3-2-4-6-11(10)13/h2,4-8H,3,13H2,1H3. The second-order valence-corrected chi connectivity index (χ2v) is 3.31. The first kappa shape index (κ1) is 8.88. The molecule has 0 saturated carbocycles. The Morgan fingerprint density at radius 3 is 2.93 bits per heavy atom. The fourth-order valence-corrected chi connectivity index (χ4v) is 1.47. The molecule has 0 amide bonds. The first-order valence-corrected chi connectivity index (χ1v) is 4.67. The van der Waals surface area contributed by atoms with Crippen LogP contribution in [-0.4, -0.2) is 0 Å². The van der Waals surface area contributed by atoms with Gasteiger partial charge in [-0.3, -0.25) is 0 Å². The van der Waals surface area contributed by atoms with E-state index in [2.05, 4.69) is 12.2 Å². The van der Waals surface area contributed by atoms with Crippen LogP contribution in [0.15, 0.2) is 46.6 Å². The van der Waals surface area contributed by atoms with Crippen LogP contribution in [0.1, 0.15) is 17.9 Å². The van der Waals surface area contributed by atoms with Crippen LogP contribution in [0.25, 0.3) is 5.57 Å². The van der Waals surface area contributed by atoms with Crippen molar-refractivity contribution in [3.05, 3.63) is 53.7 Å². The second-order valence-electron chi connectivity index (χ2n) is 3.31. The SMILES string of the molecule is Cc1ccc(C2=CCC=CC=C2N)o1. The van der Waals surface area contributed by atoms with Crippen molar-refractivity contribution in [3.63, 3.8) is 0 Å².